The minimum Gasteiger partial charge on any atom is -0.593 e. The molecular formula is C27H27F3N4O5S. The van der Waals surface area contributed by atoms with Gasteiger partial charge < -0.3 is 19.7 Å². The zero-order valence-corrected chi connectivity index (χ0v) is 22.3. The number of piperidine rings is 1. The minimum atomic E-state index is -4.51. The maximum atomic E-state index is 13.1. The number of aliphatic imine (C=N–C) groups is 1. The predicted octanol–water partition coefficient (Wildman–Crippen LogP) is 3.38. The Morgan fingerprint density at radius 2 is 1.98 bits per heavy atom. The first-order valence-electron chi connectivity index (χ1n) is 12.6. The van der Waals surface area contributed by atoms with E-state index in [0.29, 0.717) is 18.8 Å². The van der Waals surface area contributed by atoms with Crippen molar-refractivity contribution in [2.75, 3.05) is 31.1 Å². The third kappa shape index (κ3) is 5.59. The summed E-state index contributed by atoms with van der Waals surface area (Å²) in [5.41, 5.74) is 0.554. The van der Waals surface area contributed by atoms with Crippen molar-refractivity contribution in [2.45, 2.75) is 37.6 Å². The van der Waals surface area contributed by atoms with Crippen LogP contribution in [0.15, 0.2) is 52.9 Å². The van der Waals surface area contributed by atoms with E-state index >= 15 is 0 Å². The van der Waals surface area contributed by atoms with E-state index in [1.807, 2.05) is 13.0 Å². The lowest BCUT2D eigenvalue weighted by Crippen LogP contribution is -2.50. The van der Waals surface area contributed by atoms with Gasteiger partial charge in [-0.3, -0.25) is 14.7 Å². The quantitative estimate of drug-likeness (QED) is 0.510. The second kappa shape index (κ2) is 10.9. The third-order valence-corrected chi connectivity index (χ3v) is 8.50. The van der Waals surface area contributed by atoms with Gasteiger partial charge in [0.25, 0.3) is 5.91 Å². The highest BCUT2D eigenvalue weighted by Crippen LogP contribution is 2.34. The molecule has 3 aliphatic heterocycles. The molecule has 2 atom stereocenters. The van der Waals surface area contributed by atoms with Crippen molar-refractivity contribution in [3.63, 3.8) is 0 Å². The summed E-state index contributed by atoms with van der Waals surface area (Å²) in [4.78, 5) is 30.8. The molecule has 0 bridgehead atoms. The number of anilines is 1. The first-order valence-corrected chi connectivity index (χ1v) is 13.8. The number of halogens is 3. The Morgan fingerprint density at radius 3 is 2.62 bits per heavy atom. The maximum Gasteiger partial charge on any atom is 0.416 e. The van der Waals surface area contributed by atoms with E-state index in [-0.39, 0.29) is 43.3 Å². The Bertz CT molecular complexity index is 1370. The minimum absolute atomic E-state index is 0.110. The van der Waals surface area contributed by atoms with E-state index in [4.69, 9.17) is 4.74 Å². The molecule has 13 heteroatoms. The van der Waals surface area contributed by atoms with E-state index in [2.05, 4.69) is 10.3 Å². The van der Waals surface area contributed by atoms with Crippen molar-refractivity contribution in [1.82, 2.24) is 9.62 Å². The van der Waals surface area contributed by atoms with Gasteiger partial charge in [-0.25, -0.2) is 4.79 Å². The van der Waals surface area contributed by atoms with E-state index in [9.17, 15) is 32.4 Å². The van der Waals surface area contributed by atoms with Crippen molar-refractivity contribution >= 4 is 41.0 Å². The van der Waals surface area contributed by atoms with Crippen LogP contribution >= 0.6 is 0 Å². The molecule has 40 heavy (non-hydrogen) atoms. The Hall–Kier alpha value is -3.39. The van der Waals surface area contributed by atoms with Crippen molar-refractivity contribution < 1.29 is 37.2 Å². The normalized spacial score (nSPS) is 22.1. The second-order valence-corrected chi connectivity index (χ2v) is 11.2. The monoisotopic (exact) mass is 576 g/mol. The molecule has 9 nitrogen and oxygen atoms in total. The molecule has 2 aromatic rings. The van der Waals surface area contributed by atoms with Gasteiger partial charge >= 0.3 is 12.3 Å². The Morgan fingerprint density at radius 1 is 1.23 bits per heavy atom. The van der Waals surface area contributed by atoms with E-state index in [1.54, 1.807) is 27.9 Å². The van der Waals surface area contributed by atoms with Crippen LogP contribution < -0.4 is 10.2 Å². The maximum absolute atomic E-state index is 13.1. The topological polar surface area (TPSA) is 118 Å². The van der Waals surface area contributed by atoms with Gasteiger partial charge in [-0.15, -0.1) is 4.31 Å². The van der Waals surface area contributed by atoms with Gasteiger partial charge in [0.15, 0.2) is 0 Å². The molecule has 0 aliphatic carbocycles. The summed E-state index contributed by atoms with van der Waals surface area (Å²) in [6.07, 6.45) is -3.32. The van der Waals surface area contributed by atoms with Crippen LogP contribution in [-0.2, 0) is 27.1 Å². The highest BCUT2D eigenvalue weighted by molar-refractivity contribution is 7.92. The van der Waals surface area contributed by atoms with Gasteiger partial charge in [-0.1, -0.05) is 18.2 Å². The van der Waals surface area contributed by atoms with Crippen LogP contribution in [0.3, 0.4) is 0 Å². The third-order valence-electron chi connectivity index (χ3n) is 7.25. The van der Waals surface area contributed by atoms with Gasteiger partial charge in [-0.2, -0.15) is 13.2 Å². The fraction of sp³-hybridized carbons (Fsp3) is 0.370. The number of aliphatic hydroxyl groups is 1. The van der Waals surface area contributed by atoms with Gasteiger partial charge in [0.1, 0.15) is 22.9 Å². The summed E-state index contributed by atoms with van der Waals surface area (Å²) >= 11 is -1.48. The molecule has 2 aromatic carbocycles. The Labute approximate surface area is 231 Å². The molecule has 3 heterocycles. The lowest BCUT2D eigenvalue weighted by molar-refractivity contribution is -0.137. The number of ether oxygens (including phenoxy) is 1. The lowest BCUT2D eigenvalue weighted by atomic mass is 9.89. The van der Waals surface area contributed by atoms with Crippen molar-refractivity contribution in [1.29, 1.82) is 0 Å². The molecule has 212 valence electrons. The summed E-state index contributed by atoms with van der Waals surface area (Å²) in [6.45, 7) is 2.49. The largest absolute Gasteiger partial charge is 0.593 e. The number of aliphatic hydroxyl groups excluding tert-OH is 1. The SMILES string of the molecule is Cc1cc(N2C[C@H](CO)OC2=O)ccc1/C=C/[S+]([O-])N1CCC2(CC1)N=C(c1cccc(C(F)(F)F)c1)NC2=O. The summed E-state index contributed by atoms with van der Waals surface area (Å²) in [7, 11) is 0. The first-order chi connectivity index (χ1) is 19.0. The number of amides is 2. The number of carbonyl (C=O) groups excluding carboxylic acids is 2. The molecule has 5 rings (SSSR count). The van der Waals surface area contributed by atoms with Gasteiger partial charge in [0.2, 0.25) is 0 Å². The molecule has 2 saturated heterocycles. The van der Waals surface area contributed by atoms with E-state index in [1.165, 1.54) is 17.0 Å². The molecule has 2 N–H and O–H groups in total. The van der Waals surface area contributed by atoms with Crippen LogP contribution in [-0.4, -0.2) is 69.7 Å². The number of hydrogen-bond donors (Lipinski definition) is 2. The van der Waals surface area contributed by atoms with Crippen molar-refractivity contribution in [3.05, 3.63) is 70.1 Å². The van der Waals surface area contributed by atoms with Crippen LogP contribution in [0.1, 0.15) is 35.1 Å². The zero-order valence-electron chi connectivity index (χ0n) is 21.5. The number of hydrogen-bond acceptors (Lipinski definition) is 7. The second-order valence-electron chi connectivity index (χ2n) is 9.87. The Balaban J connectivity index is 1.22. The Kier molecular flexibility index (Phi) is 7.66. The number of rotatable bonds is 6. The van der Waals surface area contributed by atoms with Crippen molar-refractivity contribution in [2.24, 2.45) is 4.99 Å². The average Bonchev–Trinajstić information content (AvgIpc) is 3.47. The molecular weight excluding hydrogens is 549 g/mol. The van der Waals surface area contributed by atoms with Crippen LogP contribution in [0.5, 0.6) is 0 Å². The van der Waals surface area contributed by atoms with Crippen LogP contribution in [0.25, 0.3) is 6.08 Å². The number of carbonyl (C=O) groups is 2. The van der Waals surface area contributed by atoms with Crippen molar-refractivity contribution in [3.8, 4) is 0 Å². The molecule has 0 aromatic heterocycles. The smallest absolute Gasteiger partial charge is 0.416 e. The van der Waals surface area contributed by atoms with E-state index < -0.39 is 40.8 Å². The standard InChI is InChI=1S/C27H27F3N4O5S/c1-17-13-21(34-15-22(16-35)39-25(34)37)6-5-18(17)7-12-40(38)33-10-8-26(9-11-33)24(36)31-23(32-26)19-3-2-4-20(14-19)27(28,29)30/h2-7,12-14,22,35H,8-11,15-16H2,1H3,(H,31,32,36)/b12-7+/t22-,40?/m1/s1. The molecule has 1 spiro atoms. The highest BCUT2D eigenvalue weighted by Gasteiger charge is 2.47. The van der Waals surface area contributed by atoms with Crippen LogP contribution in [0, 0.1) is 6.92 Å². The molecule has 2 amide bonds. The number of alkyl halides is 3. The summed E-state index contributed by atoms with van der Waals surface area (Å²) in [5, 5.41) is 13.4. The number of benzene rings is 2. The highest BCUT2D eigenvalue weighted by atomic mass is 32.2. The number of amidine groups is 1. The summed E-state index contributed by atoms with van der Waals surface area (Å²) < 4.78 is 59.1. The van der Waals surface area contributed by atoms with Crippen LogP contribution in [0.2, 0.25) is 0 Å². The van der Waals surface area contributed by atoms with Gasteiger partial charge in [0.05, 0.1) is 30.1 Å². The molecule has 1 unspecified atom stereocenters. The van der Waals surface area contributed by atoms with Gasteiger partial charge in [-0.05, 0) is 61.2 Å². The number of cyclic esters (lactones) is 1. The lowest BCUT2D eigenvalue weighted by Gasteiger charge is -2.34. The van der Waals surface area contributed by atoms with Gasteiger partial charge in [0, 0.05) is 24.3 Å². The number of nitrogens with zero attached hydrogens (tertiary/aromatic N) is 3. The molecule has 0 radical (unpaired) electrons. The molecule has 3 aliphatic rings. The summed E-state index contributed by atoms with van der Waals surface area (Å²) in [5.74, 6) is -0.262. The number of aryl methyl sites for hydroxylation is 1. The number of nitrogens with one attached hydrogen (secondary N) is 1. The fourth-order valence-electron chi connectivity index (χ4n) is 4.93. The molecule has 2 fully saturated rings. The van der Waals surface area contributed by atoms with Crippen LogP contribution in [0.4, 0.5) is 23.7 Å². The fourth-order valence-corrected chi connectivity index (χ4v) is 5.91. The molecule has 0 saturated carbocycles. The summed E-state index contributed by atoms with van der Waals surface area (Å²) in [6, 6.07) is 10.0. The zero-order chi connectivity index (χ0) is 28.7. The van der Waals surface area contributed by atoms with E-state index in [0.717, 1.165) is 23.3 Å². The average molecular weight is 577 g/mol. The predicted molar refractivity (Wildman–Crippen MR) is 143 cm³/mol. The first kappa shape index (κ1) is 28.1.